The molecule has 6 heteroatoms. The minimum atomic E-state index is -1.02. The van der Waals surface area contributed by atoms with Crippen LogP contribution in [0.3, 0.4) is 0 Å². The standard InChI is InChI=1S/C19H29NO5/c1-3-4-5-9-12-19(14-21,15-25-16(2)22)20-18(23)24-13-17-10-7-6-8-11-17/h6-8,10-11,21H,3-5,9,12-15H2,1-2H3,(H,20,23)/t19-/m1/s1. The van der Waals surface area contributed by atoms with Gasteiger partial charge in [-0.05, 0) is 12.0 Å². The fourth-order valence-corrected chi connectivity index (χ4v) is 2.44. The summed E-state index contributed by atoms with van der Waals surface area (Å²) in [5, 5.41) is 12.5. The lowest BCUT2D eigenvalue weighted by Crippen LogP contribution is -2.55. The highest BCUT2D eigenvalue weighted by Crippen LogP contribution is 2.17. The average molecular weight is 351 g/mol. The second-order valence-corrected chi connectivity index (χ2v) is 6.22. The van der Waals surface area contributed by atoms with Crippen LogP contribution < -0.4 is 5.32 Å². The first kappa shape index (κ1) is 21.0. The van der Waals surface area contributed by atoms with Crippen molar-refractivity contribution in [1.82, 2.24) is 5.32 Å². The highest BCUT2D eigenvalue weighted by Gasteiger charge is 2.33. The lowest BCUT2D eigenvalue weighted by atomic mass is 9.93. The summed E-state index contributed by atoms with van der Waals surface area (Å²) < 4.78 is 10.3. The topological polar surface area (TPSA) is 84.9 Å². The molecule has 0 aliphatic rings. The van der Waals surface area contributed by atoms with Crippen LogP contribution in [-0.4, -0.2) is 35.9 Å². The number of aliphatic hydroxyl groups excluding tert-OH is 1. The van der Waals surface area contributed by atoms with E-state index < -0.39 is 17.6 Å². The third-order valence-electron chi connectivity index (χ3n) is 3.94. The summed E-state index contributed by atoms with van der Waals surface area (Å²) in [4.78, 5) is 23.3. The number of carbonyl (C=O) groups excluding carboxylic acids is 2. The molecule has 2 N–H and O–H groups in total. The summed E-state index contributed by atoms with van der Waals surface area (Å²) in [5.74, 6) is -0.453. The molecule has 1 atom stereocenters. The fourth-order valence-electron chi connectivity index (χ4n) is 2.44. The van der Waals surface area contributed by atoms with Gasteiger partial charge in [0.1, 0.15) is 18.8 Å². The van der Waals surface area contributed by atoms with E-state index in [4.69, 9.17) is 9.47 Å². The minimum Gasteiger partial charge on any atom is -0.463 e. The molecule has 0 bridgehead atoms. The predicted octanol–water partition coefficient (Wildman–Crippen LogP) is 3.18. The van der Waals surface area contributed by atoms with Crippen molar-refractivity contribution in [3.63, 3.8) is 0 Å². The molecule has 1 aromatic rings. The number of aliphatic hydroxyl groups is 1. The lowest BCUT2D eigenvalue weighted by molar-refractivity contribution is -0.144. The molecule has 0 heterocycles. The number of ether oxygens (including phenoxy) is 2. The molecule has 0 radical (unpaired) electrons. The Bertz CT molecular complexity index is 520. The number of carbonyl (C=O) groups is 2. The maximum absolute atomic E-state index is 12.1. The molecule has 0 unspecified atom stereocenters. The molecule has 0 saturated heterocycles. The Morgan fingerprint density at radius 3 is 2.44 bits per heavy atom. The quantitative estimate of drug-likeness (QED) is 0.472. The smallest absolute Gasteiger partial charge is 0.408 e. The molecule has 6 nitrogen and oxygen atoms in total. The van der Waals surface area contributed by atoms with Gasteiger partial charge in [0.2, 0.25) is 0 Å². The molecule has 0 aliphatic carbocycles. The van der Waals surface area contributed by atoms with E-state index in [9.17, 15) is 14.7 Å². The number of benzene rings is 1. The van der Waals surface area contributed by atoms with Crippen LogP contribution in [0, 0.1) is 0 Å². The number of unbranched alkanes of at least 4 members (excludes halogenated alkanes) is 3. The van der Waals surface area contributed by atoms with E-state index in [1.54, 1.807) is 0 Å². The van der Waals surface area contributed by atoms with Gasteiger partial charge in [0.05, 0.1) is 6.61 Å². The Morgan fingerprint density at radius 1 is 1.12 bits per heavy atom. The van der Waals surface area contributed by atoms with Gasteiger partial charge in [-0.2, -0.15) is 0 Å². The molecule has 0 saturated carbocycles. The van der Waals surface area contributed by atoms with Gasteiger partial charge in [-0.15, -0.1) is 0 Å². The van der Waals surface area contributed by atoms with E-state index in [0.717, 1.165) is 31.2 Å². The average Bonchev–Trinajstić information content (AvgIpc) is 2.62. The van der Waals surface area contributed by atoms with E-state index in [0.29, 0.717) is 6.42 Å². The second kappa shape index (κ2) is 11.5. The van der Waals surface area contributed by atoms with Crippen molar-refractivity contribution >= 4 is 12.1 Å². The zero-order chi connectivity index (χ0) is 18.5. The van der Waals surface area contributed by atoms with Crippen molar-refractivity contribution in [3.05, 3.63) is 35.9 Å². The first-order valence-electron chi connectivity index (χ1n) is 8.74. The van der Waals surface area contributed by atoms with Crippen molar-refractivity contribution < 1.29 is 24.2 Å². The van der Waals surface area contributed by atoms with Crippen molar-refractivity contribution in [2.24, 2.45) is 0 Å². The highest BCUT2D eigenvalue weighted by atomic mass is 16.6. The number of rotatable bonds is 11. The van der Waals surface area contributed by atoms with Gasteiger partial charge in [-0.3, -0.25) is 4.79 Å². The molecule has 1 aromatic carbocycles. The van der Waals surface area contributed by atoms with E-state index in [1.165, 1.54) is 6.92 Å². The first-order chi connectivity index (χ1) is 12.0. The van der Waals surface area contributed by atoms with Gasteiger partial charge >= 0.3 is 12.1 Å². The van der Waals surface area contributed by atoms with Crippen LogP contribution in [0.15, 0.2) is 30.3 Å². The van der Waals surface area contributed by atoms with Crippen molar-refractivity contribution in [1.29, 1.82) is 0 Å². The number of amides is 1. The predicted molar refractivity (Wildman–Crippen MR) is 95.0 cm³/mol. The normalized spacial score (nSPS) is 12.9. The summed E-state index contributed by atoms with van der Waals surface area (Å²) in [6, 6.07) is 9.33. The number of nitrogens with one attached hydrogen (secondary N) is 1. The van der Waals surface area contributed by atoms with Crippen LogP contribution >= 0.6 is 0 Å². The number of esters is 1. The number of hydrogen-bond acceptors (Lipinski definition) is 5. The van der Waals surface area contributed by atoms with E-state index in [1.807, 2.05) is 30.3 Å². The monoisotopic (exact) mass is 351 g/mol. The van der Waals surface area contributed by atoms with Gasteiger partial charge < -0.3 is 19.9 Å². The zero-order valence-electron chi connectivity index (χ0n) is 15.1. The molecule has 0 fully saturated rings. The van der Waals surface area contributed by atoms with Crippen LogP contribution in [-0.2, 0) is 20.9 Å². The zero-order valence-corrected chi connectivity index (χ0v) is 15.1. The maximum Gasteiger partial charge on any atom is 0.408 e. The summed E-state index contributed by atoms with van der Waals surface area (Å²) in [5.41, 5.74) is -0.150. The summed E-state index contributed by atoms with van der Waals surface area (Å²) in [6.45, 7) is 3.14. The molecule has 1 rings (SSSR count). The van der Waals surface area contributed by atoms with Crippen molar-refractivity contribution in [2.45, 2.75) is 58.1 Å². The Labute approximate surface area is 149 Å². The van der Waals surface area contributed by atoms with Crippen LogP contribution in [0.25, 0.3) is 0 Å². The molecule has 0 aromatic heterocycles. The number of hydrogen-bond donors (Lipinski definition) is 2. The third-order valence-corrected chi connectivity index (χ3v) is 3.94. The van der Waals surface area contributed by atoms with E-state index in [-0.39, 0.29) is 19.8 Å². The molecule has 1 amide bonds. The van der Waals surface area contributed by atoms with Gasteiger partial charge in [-0.1, -0.05) is 62.9 Å². The largest absolute Gasteiger partial charge is 0.463 e. The Balaban J connectivity index is 2.61. The summed E-state index contributed by atoms with van der Waals surface area (Å²) in [6.07, 6.45) is 3.83. The highest BCUT2D eigenvalue weighted by molar-refractivity contribution is 5.69. The molecule has 25 heavy (non-hydrogen) atoms. The molecule has 0 aliphatic heterocycles. The fraction of sp³-hybridized carbons (Fsp3) is 0.579. The molecule has 0 spiro atoms. The summed E-state index contributed by atoms with van der Waals surface area (Å²) >= 11 is 0. The van der Waals surface area contributed by atoms with Gasteiger partial charge in [0.15, 0.2) is 0 Å². The Morgan fingerprint density at radius 2 is 1.84 bits per heavy atom. The van der Waals surface area contributed by atoms with Gasteiger partial charge in [0.25, 0.3) is 0 Å². The molecular formula is C19H29NO5. The van der Waals surface area contributed by atoms with Crippen LogP contribution in [0.5, 0.6) is 0 Å². The summed E-state index contributed by atoms with van der Waals surface area (Å²) in [7, 11) is 0. The first-order valence-corrected chi connectivity index (χ1v) is 8.74. The van der Waals surface area contributed by atoms with Crippen molar-refractivity contribution in [3.8, 4) is 0 Å². The minimum absolute atomic E-state index is 0.0780. The van der Waals surface area contributed by atoms with Crippen LogP contribution in [0.4, 0.5) is 4.79 Å². The van der Waals surface area contributed by atoms with Crippen molar-refractivity contribution in [2.75, 3.05) is 13.2 Å². The van der Waals surface area contributed by atoms with Crippen LogP contribution in [0.1, 0.15) is 51.5 Å². The second-order valence-electron chi connectivity index (χ2n) is 6.22. The third kappa shape index (κ3) is 8.54. The van der Waals surface area contributed by atoms with Gasteiger partial charge in [-0.25, -0.2) is 4.79 Å². The molecular weight excluding hydrogens is 322 g/mol. The number of alkyl carbamates (subject to hydrolysis) is 1. The maximum atomic E-state index is 12.1. The van der Waals surface area contributed by atoms with Crippen LogP contribution in [0.2, 0.25) is 0 Å². The Hall–Kier alpha value is -2.08. The van der Waals surface area contributed by atoms with Gasteiger partial charge in [0, 0.05) is 6.92 Å². The SMILES string of the molecule is CCCCCC[C@@](CO)(COC(C)=O)NC(=O)OCc1ccccc1. The van der Waals surface area contributed by atoms with E-state index in [2.05, 4.69) is 12.2 Å². The Kier molecular flexibility index (Phi) is 9.62. The van der Waals surface area contributed by atoms with E-state index >= 15 is 0 Å². The lowest BCUT2D eigenvalue weighted by Gasteiger charge is -2.32. The molecule has 140 valence electrons.